The van der Waals surface area contributed by atoms with E-state index in [4.69, 9.17) is 23.2 Å². The normalized spacial score (nSPS) is 17.3. The minimum absolute atomic E-state index is 0.505. The standard InChI is InChI=1S/C14H12Cl2N2O2S/c15-8-4-2-5-9(16)12(8)18-14-17-11-7(13(19)20)3-1-6-10(11)21-14/h2,4-5,7H,1,3,6H2,(H,17,18)(H,19,20). The zero-order chi connectivity index (χ0) is 15.0. The van der Waals surface area contributed by atoms with Gasteiger partial charge in [0.05, 0.1) is 21.4 Å². The number of hydrogen-bond donors (Lipinski definition) is 2. The lowest BCUT2D eigenvalue weighted by Crippen LogP contribution is -2.17. The summed E-state index contributed by atoms with van der Waals surface area (Å²) in [5, 5.41) is 14.0. The second-order valence-electron chi connectivity index (χ2n) is 4.83. The fourth-order valence-electron chi connectivity index (χ4n) is 2.44. The Morgan fingerprint density at radius 3 is 2.76 bits per heavy atom. The van der Waals surface area contributed by atoms with Gasteiger partial charge in [-0.2, -0.15) is 0 Å². The summed E-state index contributed by atoms with van der Waals surface area (Å²) >= 11 is 13.7. The van der Waals surface area contributed by atoms with Gasteiger partial charge in [0.25, 0.3) is 0 Å². The van der Waals surface area contributed by atoms with Crippen LogP contribution in [0.1, 0.15) is 29.3 Å². The molecule has 7 heteroatoms. The maximum atomic E-state index is 11.3. The van der Waals surface area contributed by atoms with E-state index in [0.29, 0.717) is 33.0 Å². The highest BCUT2D eigenvalue weighted by Crippen LogP contribution is 2.39. The van der Waals surface area contributed by atoms with Crippen LogP contribution in [0.2, 0.25) is 10.0 Å². The van der Waals surface area contributed by atoms with Crippen molar-refractivity contribution in [3.8, 4) is 0 Å². The molecule has 110 valence electrons. The molecule has 2 aromatic rings. The van der Waals surface area contributed by atoms with Crippen molar-refractivity contribution in [1.29, 1.82) is 0 Å². The zero-order valence-corrected chi connectivity index (χ0v) is 13.2. The van der Waals surface area contributed by atoms with Crippen LogP contribution in [0.25, 0.3) is 0 Å². The number of carboxylic acid groups (broad SMARTS) is 1. The number of carboxylic acids is 1. The van der Waals surface area contributed by atoms with Gasteiger partial charge in [-0.05, 0) is 31.4 Å². The van der Waals surface area contributed by atoms with Gasteiger partial charge in [0.2, 0.25) is 0 Å². The van der Waals surface area contributed by atoms with Gasteiger partial charge in [0.15, 0.2) is 5.13 Å². The highest BCUT2D eigenvalue weighted by molar-refractivity contribution is 7.15. The van der Waals surface area contributed by atoms with E-state index in [2.05, 4.69) is 10.3 Å². The van der Waals surface area contributed by atoms with Gasteiger partial charge in [0.1, 0.15) is 5.92 Å². The lowest BCUT2D eigenvalue weighted by Gasteiger charge is -2.16. The van der Waals surface area contributed by atoms with Gasteiger partial charge in [-0.15, -0.1) is 11.3 Å². The number of thiazole rings is 1. The van der Waals surface area contributed by atoms with Gasteiger partial charge in [-0.3, -0.25) is 4.79 Å². The first-order valence-electron chi connectivity index (χ1n) is 6.49. The molecule has 0 aliphatic heterocycles. The molecule has 4 nitrogen and oxygen atoms in total. The highest BCUT2D eigenvalue weighted by atomic mass is 35.5. The molecule has 1 aromatic carbocycles. The number of nitrogens with one attached hydrogen (secondary N) is 1. The third-order valence-corrected chi connectivity index (χ3v) is 5.12. The fourth-order valence-corrected chi connectivity index (χ4v) is 4.00. The summed E-state index contributed by atoms with van der Waals surface area (Å²) in [6.45, 7) is 0. The molecule has 1 aliphatic rings. The number of fused-ring (bicyclic) bond motifs is 1. The molecule has 0 spiro atoms. The molecule has 1 unspecified atom stereocenters. The number of anilines is 2. The number of aryl methyl sites for hydroxylation is 1. The number of para-hydroxylation sites is 1. The predicted octanol–water partition coefficient (Wildman–Crippen LogP) is 4.70. The third-order valence-electron chi connectivity index (χ3n) is 3.45. The molecule has 1 aromatic heterocycles. The summed E-state index contributed by atoms with van der Waals surface area (Å²) < 4.78 is 0. The van der Waals surface area contributed by atoms with Crippen molar-refractivity contribution < 1.29 is 9.90 Å². The molecule has 0 radical (unpaired) electrons. The Morgan fingerprint density at radius 1 is 1.38 bits per heavy atom. The molecular formula is C14H12Cl2N2O2S. The number of carbonyl (C=O) groups is 1. The Hall–Kier alpha value is -1.30. The monoisotopic (exact) mass is 342 g/mol. The number of rotatable bonds is 3. The maximum absolute atomic E-state index is 11.3. The molecule has 1 atom stereocenters. The lowest BCUT2D eigenvalue weighted by molar-refractivity contribution is -0.139. The van der Waals surface area contributed by atoms with E-state index < -0.39 is 11.9 Å². The largest absolute Gasteiger partial charge is 0.481 e. The minimum atomic E-state index is -0.816. The van der Waals surface area contributed by atoms with Crippen molar-refractivity contribution in [2.75, 3.05) is 5.32 Å². The summed E-state index contributed by atoms with van der Waals surface area (Å²) in [5.74, 6) is -1.33. The Labute approximate surface area is 135 Å². The van der Waals surface area contributed by atoms with Crippen molar-refractivity contribution in [1.82, 2.24) is 4.98 Å². The van der Waals surface area contributed by atoms with Crippen LogP contribution in [-0.2, 0) is 11.2 Å². The van der Waals surface area contributed by atoms with Crippen LogP contribution >= 0.6 is 34.5 Å². The summed E-state index contributed by atoms with van der Waals surface area (Å²) in [6.07, 6.45) is 2.38. The van der Waals surface area contributed by atoms with Crippen LogP contribution in [0.5, 0.6) is 0 Å². The summed E-state index contributed by atoms with van der Waals surface area (Å²) in [6, 6.07) is 5.25. The molecule has 1 aliphatic carbocycles. The van der Waals surface area contributed by atoms with Gasteiger partial charge in [-0.1, -0.05) is 29.3 Å². The van der Waals surface area contributed by atoms with Gasteiger partial charge < -0.3 is 10.4 Å². The summed E-state index contributed by atoms with van der Waals surface area (Å²) in [7, 11) is 0. The van der Waals surface area contributed by atoms with Gasteiger partial charge in [0, 0.05) is 4.88 Å². The molecule has 0 saturated carbocycles. The molecule has 0 bridgehead atoms. The summed E-state index contributed by atoms with van der Waals surface area (Å²) in [4.78, 5) is 16.8. The van der Waals surface area contributed by atoms with Gasteiger partial charge in [-0.25, -0.2) is 4.98 Å². The van der Waals surface area contributed by atoms with E-state index >= 15 is 0 Å². The van der Waals surface area contributed by atoms with Crippen molar-refractivity contribution in [2.24, 2.45) is 0 Å². The zero-order valence-electron chi connectivity index (χ0n) is 10.9. The first-order valence-corrected chi connectivity index (χ1v) is 8.07. The van der Waals surface area contributed by atoms with Crippen molar-refractivity contribution in [3.63, 3.8) is 0 Å². The lowest BCUT2D eigenvalue weighted by atomic mass is 9.91. The van der Waals surface area contributed by atoms with Crippen molar-refractivity contribution in [3.05, 3.63) is 38.8 Å². The SMILES string of the molecule is O=C(O)C1CCCc2sc(Nc3c(Cl)cccc3Cl)nc21. The molecule has 3 rings (SSSR count). The van der Waals surface area contributed by atoms with Crippen molar-refractivity contribution in [2.45, 2.75) is 25.2 Å². The van der Waals surface area contributed by atoms with Crippen molar-refractivity contribution >= 4 is 51.3 Å². The topological polar surface area (TPSA) is 62.2 Å². The van der Waals surface area contributed by atoms with E-state index in [-0.39, 0.29) is 0 Å². The molecule has 1 heterocycles. The Kier molecular flexibility index (Phi) is 4.06. The number of aliphatic carboxylic acids is 1. The second kappa shape index (κ2) is 5.83. The Morgan fingerprint density at radius 2 is 2.10 bits per heavy atom. The number of halogens is 2. The smallest absolute Gasteiger partial charge is 0.312 e. The van der Waals surface area contributed by atoms with Crippen LogP contribution in [0.4, 0.5) is 10.8 Å². The van der Waals surface area contributed by atoms with E-state index in [9.17, 15) is 9.90 Å². The van der Waals surface area contributed by atoms with Crippen LogP contribution in [0, 0.1) is 0 Å². The minimum Gasteiger partial charge on any atom is -0.481 e. The average molecular weight is 343 g/mol. The van der Waals surface area contributed by atoms with Gasteiger partial charge >= 0.3 is 5.97 Å². The molecule has 0 fully saturated rings. The molecule has 2 N–H and O–H groups in total. The van der Waals surface area contributed by atoms with E-state index in [1.54, 1.807) is 18.2 Å². The predicted molar refractivity (Wildman–Crippen MR) is 85.2 cm³/mol. The molecular weight excluding hydrogens is 331 g/mol. The van der Waals surface area contributed by atoms with E-state index in [0.717, 1.165) is 17.7 Å². The Bertz CT molecular complexity index is 682. The summed E-state index contributed by atoms with van der Waals surface area (Å²) in [5.41, 5.74) is 1.27. The molecule has 0 amide bonds. The van der Waals surface area contributed by atoms with Crippen LogP contribution in [0.3, 0.4) is 0 Å². The third kappa shape index (κ3) is 2.86. The number of hydrogen-bond acceptors (Lipinski definition) is 4. The molecule has 21 heavy (non-hydrogen) atoms. The van der Waals surface area contributed by atoms with Crippen LogP contribution < -0.4 is 5.32 Å². The van der Waals surface area contributed by atoms with Crippen LogP contribution in [-0.4, -0.2) is 16.1 Å². The van der Waals surface area contributed by atoms with Crippen LogP contribution in [0.15, 0.2) is 18.2 Å². The second-order valence-corrected chi connectivity index (χ2v) is 6.73. The number of nitrogens with zero attached hydrogens (tertiary/aromatic N) is 1. The molecule has 0 saturated heterocycles. The number of aromatic nitrogens is 1. The first kappa shape index (κ1) is 14.6. The first-order chi connectivity index (χ1) is 10.1. The number of benzene rings is 1. The fraction of sp³-hybridized carbons (Fsp3) is 0.286. The van der Waals surface area contributed by atoms with E-state index in [1.807, 2.05) is 0 Å². The quantitative estimate of drug-likeness (QED) is 0.848. The van der Waals surface area contributed by atoms with E-state index in [1.165, 1.54) is 11.3 Å². The highest BCUT2D eigenvalue weighted by Gasteiger charge is 2.30. The average Bonchev–Trinajstić information content (AvgIpc) is 2.85. The maximum Gasteiger partial charge on any atom is 0.312 e. The Balaban J connectivity index is 1.93.